The number of benzene rings is 1. The lowest BCUT2D eigenvalue weighted by atomic mass is 9.99. The molecular weight excluding hydrogens is 312 g/mol. The summed E-state index contributed by atoms with van der Waals surface area (Å²) in [4.78, 5) is 11.9. The average molecular weight is 330 g/mol. The number of carbonyl (C=O) groups is 1. The van der Waals surface area contributed by atoms with Crippen LogP contribution in [0.15, 0.2) is 18.2 Å². The summed E-state index contributed by atoms with van der Waals surface area (Å²) in [6.45, 7) is -0.634. The third-order valence-electron chi connectivity index (χ3n) is 3.50. The van der Waals surface area contributed by atoms with Crippen molar-refractivity contribution in [2.75, 3.05) is 6.61 Å². The molecule has 0 aliphatic carbocycles. The number of aromatic hydroxyl groups is 2. The molecule has 0 amide bonds. The maximum atomic E-state index is 11.9. The van der Waals surface area contributed by atoms with E-state index in [0.717, 1.165) is 0 Å². The Kier molecular flexibility index (Phi) is 5.39. The molecule has 0 bridgehead atoms. The largest absolute Gasteiger partial charge is 0.504 e. The predicted octanol–water partition coefficient (Wildman–Crippen LogP) is -2.02. The van der Waals surface area contributed by atoms with Gasteiger partial charge in [0.15, 0.2) is 23.9 Å². The number of ether oxygens (including phenoxy) is 2. The van der Waals surface area contributed by atoms with Crippen LogP contribution in [0.2, 0.25) is 0 Å². The molecule has 9 nitrogen and oxygen atoms in total. The van der Waals surface area contributed by atoms with Crippen molar-refractivity contribution in [3.8, 4) is 11.5 Å². The van der Waals surface area contributed by atoms with Gasteiger partial charge >= 0.3 is 5.97 Å². The molecule has 1 aromatic rings. The van der Waals surface area contributed by atoms with Crippen LogP contribution >= 0.6 is 0 Å². The SMILES string of the molecule is O=C(Cc1ccc(O)c(O)c1)O[C@@H]1[C@@H](O)[C@H](O)O[C@H](CO)[C@H]1O. The number of esters is 1. The second-order valence-electron chi connectivity index (χ2n) is 5.18. The van der Waals surface area contributed by atoms with Gasteiger partial charge in [0.25, 0.3) is 0 Å². The molecule has 1 aliphatic rings. The lowest BCUT2D eigenvalue weighted by Crippen LogP contribution is -2.59. The fraction of sp³-hybridized carbons (Fsp3) is 0.500. The van der Waals surface area contributed by atoms with Crippen LogP contribution in [-0.4, -0.2) is 73.9 Å². The van der Waals surface area contributed by atoms with Gasteiger partial charge in [0.2, 0.25) is 0 Å². The van der Waals surface area contributed by atoms with Crippen LogP contribution < -0.4 is 0 Å². The van der Waals surface area contributed by atoms with Crippen LogP contribution in [0.5, 0.6) is 11.5 Å². The van der Waals surface area contributed by atoms with Crippen molar-refractivity contribution in [1.82, 2.24) is 0 Å². The zero-order valence-electron chi connectivity index (χ0n) is 11.9. The molecule has 2 rings (SSSR count). The molecule has 0 unspecified atom stereocenters. The maximum absolute atomic E-state index is 11.9. The molecular formula is C14H18O9. The number of phenols is 2. The number of hydrogen-bond donors (Lipinski definition) is 6. The molecule has 23 heavy (non-hydrogen) atoms. The minimum Gasteiger partial charge on any atom is -0.504 e. The Hall–Kier alpha value is -1.91. The molecule has 0 radical (unpaired) electrons. The van der Waals surface area contributed by atoms with Gasteiger partial charge in [-0.25, -0.2) is 0 Å². The fourth-order valence-corrected chi connectivity index (χ4v) is 2.25. The zero-order valence-corrected chi connectivity index (χ0v) is 11.9. The van der Waals surface area contributed by atoms with Gasteiger partial charge in [-0.1, -0.05) is 6.07 Å². The van der Waals surface area contributed by atoms with Crippen LogP contribution in [0.25, 0.3) is 0 Å². The molecule has 0 spiro atoms. The highest BCUT2D eigenvalue weighted by Gasteiger charge is 2.45. The maximum Gasteiger partial charge on any atom is 0.310 e. The molecule has 1 aromatic carbocycles. The first-order valence-corrected chi connectivity index (χ1v) is 6.84. The molecule has 1 fully saturated rings. The third-order valence-corrected chi connectivity index (χ3v) is 3.50. The molecule has 1 saturated heterocycles. The van der Waals surface area contributed by atoms with E-state index in [-0.39, 0.29) is 12.2 Å². The minimum absolute atomic E-state index is 0.301. The van der Waals surface area contributed by atoms with Crippen LogP contribution in [0.4, 0.5) is 0 Å². The molecule has 128 valence electrons. The first kappa shape index (κ1) is 17.4. The standard InChI is InChI=1S/C14H18O9/c15-5-9-11(19)13(12(20)14(21)22-9)23-10(18)4-6-1-2-7(16)8(17)3-6/h1-3,9,11-17,19-21H,4-5H2/t9-,11-,12-,13+,14-/m1/s1. The van der Waals surface area contributed by atoms with Crippen LogP contribution in [0.1, 0.15) is 5.56 Å². The molecule has 1 aliphatic heterocycles. The predicted molar refractivity (Wildman–Crippen MR) is 73.3 cm³/mol. The summed E-state index contributed by atoms with van der Waals surface area (Å²) in [6.07, 6.45) is -7.89. The molecule has 0 saturated carbocycles. The first-order chi connectivity index (χ1) is 10.8. The summed E-state index contributed by atoms with van der Waals surface area (Å²) in [5, 5.41) is 56.7. The summed E-state index contributed by atoms with van der Waals surface area (Å²) < 4.78 is 9.73. The highest BCUT2D eigenvalue weighted by atomic mass is 16.7. The second-order valence-corrected chi connectivity index (χ2v) is 5.18. The average Bonchev–Trinajstić information content (AvgIpc) is 2.51. The van der Waals surface area contributed by atoms with Crippen molar-refractivity contribution in [1.29, 1.82) is 0 Å². The summed E-state index contributed by atoms with van der Waals surface area (Å²) >= 11 is 0. The van der Waals surface area contributed by atoms with E-state index in [0.29, 0.717) is 5.56 Å². The molecule has 1 heterocycles. The zero-order chi connectivity index (χ0) is 17.1. The number of carbonyl (C=O) groups excluding carboxylic acids is 1. The van der Waals surface area contributed by atoms with Gasteiger partial charge in [-0.15, -0.1) is 0 Å². The van der Waals surface area contributed by atoms with Crippen molar-refractivity contribution in [2.24, 2.45) is 0 Å². The summed E-state index contributed by atoms with van der Waals surface area (Å²) in [5.74, 6) is -1.59. The van der Waals surface area contributed by atoms with Crippen molar-refractivity contribution in [3.05, 3.63) is 23.8 Å². The molecule has 5 atom stereocenters. The Morgan fingerprint density at radius 3 is 2.43 bits per heavy atom. The quantitative estimate of drug-likeness (QED) is 0.271. The summed E-state index contributed by atoms with van der Waals surface area (Å²) in [5.41, 5.74) is 0.334. The van der Waals surface area contributed by atoms with E-state index in [1.165, 1.54) is 18.2 Å². The molecule has 6 N–H and O–H groups in total. The number of rotatable bonds is 4. The van der Waals surface area contributed by atoms with Crippen molar-refractivity contribution in [3.63, 3.8) is 0 Å². The Balaban J connectivity index is 2.03. The van der Waals surface area contributed by atoms with Crippen LogP contribution in [-0.2, 0) is 20.7 Å². The van der Waals surface area contributed by atoms with Gasteiger partial charge in [-0.05, 0) is 17.7 Å². The third kappa shape index (κ3) is 3.89. The summed E-state index contributed by atoms with van der Waals surface area (Å²) in [6, 6.07) is 3.75. The van der Waals surface area contributed by atoms with Gasteiger partial charge in [-0.3, -0.25) is 4.79 Å². The van der Waals surface area contributed by atoms with E-state index in [1.807, 2.05) is 0 Å². The Bertz CT molecular complexity index is 561. The normalized spacial score (nSPS) is 30.9. The van der Waals surface area contributed by atoms with E-state index in [2.05, 4.69) is 0 Å². The second kappa shape index (κ2) is 7.11. The van der Waals surface area contributed by atoms with E-state index in [4.69, 9.17) is 14.6 Å². The number of phenolic OH excluding ortho intramolecular Hbond substituents is 2. The monoisotopic (exact) mass is 330 g/mol. The first-order valence-electron chi connectivity index (χ1n) is 6.84. The van der Waals surface area contributed by atoms with Crippen LogP contribution in [0.3, 0.4) is 0 Å². The van der Waals surface area contributed by atoms with Gasteiger partial charge in [0, 0.05) is 0 Å². The fourth-order valence-electron chi connectivity index (χ4n) is 2.25. The number of aliphatic hydroxyl groups excluding tert-OH is 4. The number of hydrogen-bond acceptors (Lipinski definition) is 9. The van der Waals surface area contributed by atoms with Gasteiger partial charge in [0.05, 0.1) is 13.0 Å². The highest BCUT2D eigenvalue weighted by Crippen LogP contribution is 2.26. The summed E-state index contributed by atoms with van der Waals surface area (Å²) in [7, 11) is 0. The lowest BCUT2D eigenvalue weighted by molar-refractivity contribution is -0.289. The van der Waals surface area contributed by atoms with Gasteiger partial charge < -0.3 is 40.1 Å². The lowest BCUT2D eigenvalue weighted by Gasteiger charge is -2.39. The molecule has 9 heteroatoms. The van der Waals surface area contributed by atoms with E-state index >= 15 is 0 Å². The Labute approximate surface area is 130 Å². The topological polar surface area (TPSA) is 157 Å². The Morgan fingerprint density at radius 1 is 1.13 bits per heavy atom. The Morgan fingerprint density at radius 2 is 1.83 bits per heavy atom. The van der Waals surface area contributed by atoms with Crippen LogP contribution in [0, 0.1) is 0 Å². The van der Waals surface area contributed by atoms with E-state index < -0.39 is 49.0 Å². The molecule has 0 aromatic heterocycles. The number of aliphatic hydroxyl groups is 4. The van der Waals surface area contributed by atoms with Gasteiger partial charge in [-0.2, -0.15) is 0 Å². The smallest absolute Gasteiger partial charge is 0.310 e. The van der Waals surface area contributed by atoms with Crippen molar-refractivity contribution >= 4 is 5.97 Å². The van der Waals surface area contributed by atoms with Gasteiger partial charge in [0.1, 0.15) is 18.3 Å². The van der Waals surface area contributed by atoms with E-state index in [9.17, 15) is 30.3 Å². The van der Waals surface area contributed by atoms with E-state index in [1.54, 1.807) is 0 Å². The minimum atomic E-state index is -1.72. The highest BCUT2D eigenvalue weighted by molar-refractivity contribution is 5.73. The van der Waals surface area contributed by atoms with Crippen molar-refractivity contribution < 1.29 is 44.9 Å². The van der Waals surface area contributed by atoms with Crippen molar-refractivity contribution in [2.45, 2.75) is 37.1 Å².